The first kappa shape index (κ1) is 13.6. The highest BCUT2D eigenvalue weighted by molar-refractivity contribution is 6.30. The van der Waals surface area contributed by atoms with Crippen LogP contribution in [-0.2, 0) is 11.2 Å². The van der Waals surface area contributed by atoms with Crippen LogP contribution in [0.5, 0.6) is 0 Å². The number of benzene rings is 2. The third-order valence-electron chi connectivity index (χ3n) is 3.43. The maximum atomic E-state index is 11.8. The predicted molar refractivity (Wildman–Crippen MR) is 83.2 cm³/mol. The van der Waals surface area contributed by atoms with E-state index >= 15 is 0 Å². The number of primary amides is 1. The van der Waals surface area contributed by atoms with Crippen LogP contribution in [-0.4, -0.2) is 15.9 Å². The molecule has 3 rings (SSSR count). The van der Waals surface area contributed by atoms with Gasteiger partial charge in [-0.15, -0.1) is 0 Å². The van der Waals surface area contributed by atoms with E-state index in [2.05, 4.69) is 9.97 Å². The second-order valence-corrected chi connectivity index (χ2v) is 5.36. The maximum Gasteiger partial charge on any atom is 0.228 e. The maximum absolute atomic E-state index is 11.8. The third kappa shape index (κ3) is 2.90. The molecule has 0 aliphatic heterocycles. The van der Waals surface area contributed by atoms with Gasteiger partial charge in [0.25, 0.3) is 0 Å². The van der Waals surface area contributed by atoms with Crippen LogP contribution in [0.15, 0.2) is 48.5 Å². The van der Waals surface area contributed by atoms with Gasteiger partial charge in [-0.25, -0.2) is 4.98 Å². The zero-order chi connectivity index (χ0) is 14.8. The Labute approximate surface area is 126 Å². The zero-order valence-corrected chi connectivity index (χ0v) is 12.0. The van der Waals surface area contributed by atoms with E-state index in [0.29, 0.717) is 17.3 Å². The molecule has 0 saturated heterocycles. The summed E-state index contributed by atoms with van der Waals surface area (Å²) in [6.07, 6.45) is 0.492. The van der Waals surface area contributed by atoms with Gasteiger partial charge < -0.3 is 10.7 Å². The van der Waals surface area contributed by atoms with Crippen molar-refractivity contribution in [2.75, 3.05) is 0 Å². The lowest BCUT2D eigenvalue weighted by Gasteiger charge is -2.10. The molecule has 1 heterocycles. The molecule has 3 aromatic rings. The van der Waals surface area contributed by atoms with Crippen molar-refractivity contribution in [3.8, 4) is 0 Å². The lowest BCUT2D eigenvalue weighted by atomic mass is 9.98. The fourth-order valence-corrected chi connectivity index (χ4v) is 2.45. The van der Waals surface area contributed by atoms with E-state index in [1.807, 2.05) is 36.4 Å². The van der Waals surface area contributed by atoms with Crippen molar-refractivity contribution in [3.05, 3.63) is 64.9 Å². The fourth-order valence-electron chi connectivity index (χ4n) is 2.33. The summed E-state index contributed by atoms with van der Waals surface area (Å²) in [5.74, 6) is -0.291. The molecule has 21 heavy (non-hydrogen) atoms. The minimum absolute atomic E-state index is 0.399. The molecule has 1 unspecified atom stereocenters. The van der Waals surface area contributed by atoms with Crippen LogP contribution < -0.4 is 5.73 Å². The predicted octanol–water partition coefficient (Wildman–Crippen LogP) is 3.03. The van der Waals surface area contributed by atoms with Gasteiger partial charge in [0.05, 0.1) is 17.0 Å². The highest BCUT2D eigenvalue weighted by Gasteiger charge is 2.22. The summed E-state index contributed by atoms with van der Waals surface area (Å²) < 4.78 is 0. The number of carbonyl (C=O) groups is 1. The number of hydrogen-bond acceptors (Lipinski definition) is 2. The quantitative estimate of drug-likeness (QED) is 0.777. The van der Waals surface area contributed by atoms with Crippen molar-refractivity contribution in [2.24, 2.45) is 5.73 Å². The molecule has 0 radical (unpaired) electrons. The number of nitrogens with two attached hydrogens (primary N) is 1. The Hall–Kier alpha value is -2.33. The number of H-pyrrole nitrogens is 1. The van der Waals surface area contributed by atoms with E-state index in [-0.39, 0.29) is 0 Å². The van der Waals surface area contributed by atoms with E-state index in [4.69, 9.17) is 17.3 Å². The largest absolute Gasteiger partial charge is 0.369 e. The Morgan fingerprint density at radius 2 is 1.90 bits per heavy atom. The van der Waals surface area contributed by atoms with E-state index in [1.54, 1.807) is 12.1 Å². The van der Waals surface area contributed by atoms with Gasteiger partial charge in [0, 0.05) is 5.02 Å². The van der Waals surface area contributed by atoms with E-state index in [1.165, 1.54) is 0 Å². The highest BCUT2D eigenvalue weighted by Crippen LogP contribution is 2.22. The Morgan fingerprint density at radius 1 is 1.19 bits per heavy atom. The van der Waals surface area contributed by atoms with Crippen LogP contribution in [0.4, 0.5) is 0 Å². The molecule has 0 aliphatic rings. The number of hydrogen-bond donors (Lipinski definition) is 2. The highest BCUT2D eigenvalue weighted by atomic mass is 35.5. The molecule has 106 valence electrons. The molecule has 0 spiro atoms. The SMILES string of the molecule is NC(=O)C(Cc1ccc(Cl)cc1)c1nc2ccccc2[nH]1. The van der Waals surface area contributed by atoms with E-state index < -0.39 is 11.8 Å². The number of rotatable bonds is 4. The number of carbonyl (C=O) groups excluding carboxylic acids is 1. The van der Waals surface area contributed by atoms with Crippen LogP contribution in [0.3, 0.4) is 0 Å². The van der Waals surface area contributed by atoms with Gasteiger partial charge in [0.1, 0.15) is 5.82 Å². The third-order valence-corrected chi connectivity index (χ3v) is 3.69. The van der Waals surface area contributed by atoms with Gasteiger partial charge in [-0.05, 0) is 36.2 Å². The summed E-state index contributed by atoms with van der Waals surface area (Å²) in [5.41, 5.74) is 8.26. The topological polar surface area (TPSA) is 71.8 Å². The zero-order valence-electron chi connectivity index (χ0n) is 11.2. The van der Waals surface area contributed by atoms with Crippen molar-refractivity contribution >= 4 is 28.5 Å². The molecule has 0 fully saturated rings. The van der Waals surface area contributed by atoms with Crippen LogP contribution in [0.25, 0.3) is 11.0 Å². The first-order valence-corrected chi connectivity index (χ1v) is 6.99. The summed E-state index contributed by atoms with van der Waals surface area (Å²) in [7, 11) is 0. The Bertz CT molecular complexity index is 747. The number of nitrogens with one attached hydrogen (secondary N) is 1. The molecule has 0 saturated carbocycles. The smallest absolute Gasteiger partial charge is 0.228 e. The van der Waals surface area contributed by atoms with E-state index in [9.17, 15) is 4.79 Å². The minimum Gasteiger partial charge on any atom is -0.369 e. The van der Waals surface area contributed by atoms with Gasteiger partial charge in [-0.2, -0.15) is 0 Å². The monoisotopic (exact) mass is 299 g/mol. The summed E-state index contributed by atoms with van der Waals surface area (Å²) in [6, 6.07) is 15.0. The molecule has 0 bridgehead atoms. The molecule has 4 nitrogen and oxygen atoms in total. The fraction of sp³-hybridized carbons (Fsp3) is 0.125. The molecule has 3 N–H and O–H groups in total. The number of amides is 1. The molecular formula is C16H14ClN3O. The van der Waals surface area contributed by atoms with Crippen molar-refractivity contribution in [2.45, 2.75) is 12.3 Å². The van der Waals surface area contributed by atoms with Crippen LogP contribution in [0.1, 0.15) is 17.3 Å². The summed E-state index contributed by atoms with van der Waals surface area (Å²) >= 11 is 5.87. The first-order chi connectivity index (χ1) is 10.1. The van der Waals surface area contributed by atoms with Crippen LogP contribution in [0, 0.1) is 0 Å². The second kappa shape index (κ2) is 5.58. The Balaban J connectivity index is 1.93. The van der Waals surface area contributed by atoms with E-state index in [0.717, 1.165) is 16.6 Å². The molecule has 2 aromatic carbocycles. The van der Waals surface area contributed by atoms with Gasteiger partial charge in [-0.3, -0.25) is 4.79 Å². The summed E-state index contributed by atoms with van der Waals surface area (Å²) in [5, 5.41) is 0.665. The van der Waals surface area contributed by atoms with Gasteiger partial charge in [-0.1, -0.05) is 35.9 Å². The molecule has 1 aromatic heterocycles. The molecule has 0 aliphatic carbocycles. The number of aromatic nitrogens is 2. The number of fused-ring (bicyclic) bond motifs is 1. The van der Waals surface area contributed by atoms with Crippen molar-refractivity contribution in [1.29, 1.82) is 0 Å². The average Bonchev–Trinajstić information content (AvgIpc) is 2.89. The minimum atomic E-state index is -0.487. The van der Waals surface area contributed by atoms with Crippen LogP contribution in [0.2, 0.25) is 5.02 Å². The number of nitrogens with zero attached hydrogens (tertiary/aromatic N) is 1. The Kier molecular flexibility index (Phi) is 3.62. The molecule has 5 heteroatoms. The van der Waals surface area contributed by atoms with Gasteiger partial charge in [0.15, 0.2) is 0 Å². The number of aromatic amines is 1. The number of halogens is 1. The first-order valence-electron chi connectivity index (χ1n) is 6.62. The average molecular weight is 300 g/mol. The normalized spacial score (nSPS) is 12.4. The molecule has 1 atom stereocenters. The van der Waals surface area contributed by atoms with Crippen molar-refractivity contribution in [1.82, 2.24) is 9.97 Å². The summed E-state index contributed by atoms with van der Waals surface area (Å²) in [6.45, 7) is 0. The molecular weight excluding hydrogens is 286 g/mol. The summed E-state index contributed by atoms with van der Waals surface area (Å²) in [4.78, 5) is 19.4. The van der Waals surface area contributed by atoms with Crippen LogP contribution >= 0.6 is 11.6 Å². The number of imidazole rings is 1. The second-order valence-electron chi connectivity index (χ2n) is 4.92. The molecule has 1 amide bonds. The van der Waals surface area contributed by atoms with Gasteiger partial charge >= 0.3 is 0 Å². The van der Waals surface area contributed by atoms with Crippen molar-refractivity contribution < 1.29 is 4.79 Å². The number of para-hydroxylation sites is 2. The van der Waals surface area contributed by atoms with Gasteiger partial charge in [0.2, 0.25) is 5.91 Å². The Morgan fingerprint density at radius 3 is 2.57 bits per heavy atom. The van der Waals surface area contributed by atoms with Crippen molar-refractivity contribution in [3.63, 3.8) is 0 Å². The lowest BCUT2D eigenvalue weighted by Crippen LogP contribution is -2.24. The lowest BCUT2D eigenvalue weighted by molar-refractivity contribution is -0.119. The standard InChI is InChI=1S/C16H14ClN3O/c17-11-7-5-10(6-8-11)9-12(15(18)21)16-19-13-3-1-2-4-14(13)20-16/h1-8,12H,9H2,(H2,18,21)(H,19,20).